The second-order valence-corrected chi connectivity index (χ2v) is 14.4. The number of allylic oxidation sites excluding steroid dienone is 1. The predicted molar refractivity (Wildman–Crippen MR) is 93.0 cm³/mol. The third kappa shape index (κ3) is 5.64. The van der Waals surface area contributed by atoms with Crippen LogP contribution in [0.1, 0.15) is 27.2 Å². The summed E-state index contributed by atoms with van der Waals surface area (Å²) in [5.74, 6) is 0. The first-order valence-corrected chi connectivity index (χ1v) is 10.5. The molecular formula is C12H22I2OSi. The zero-order chi connectivity index (χ0) is 13.0. The normalized spacial score (nSPS) is 12.4. The van der Waals surface area contributed by atoms with Gasteiger partial charge in [0.25, 0.3) is 0 Å². The van der Waals surface area contributed by atoms with Gasteiger partial charge in [-0.25, -0.2) is 0 Å². The van der Waals surface area contributed by atoms with Crippen LogP contribution in [0.2, 0.25) is 18.1 Å². The molecule has 0 aromatic heterocycles. The van der Waals surface area contributed by atoms with Crippen molar-refractivity contribution < 1.29 is 4.43 Å². The minimum Gasteiger partial charge on any atom is -0.413 e. The Morgan fingerprint density at radius 1 is 1.31 bits per heavy atom. The second kappa shape index (κ2) is 6.89. The molecule has 0 bridgehead atoms. The molecule has 4 heteroatoms. The van der Waals surface area contributed by atoms with Gasteiger partial charge in [0, 0.05) is 0 Å². The van der Waals surface area contributed by atoms with Crippen LogP contribution in [0.25, 0.3) is 0 Å². The van der Waals surface area contributed by atoms with E-state index in [0.29, 0.717) is 0 Å². The first-order valence-electron chi connectivity index (χ1n) is 5.39. The molecule has 0 N–H and O–H groups in total. The summed E-state index contributed by atoms with van der Waals surface area (Å²) in [6.45, 7) is 15.9. The highest BCUT2D eigenvalue weighted by Crippen LogP contribution is 2.37. The van der Waals surface area contributed by atoms with E-state index in [-0.39, 0.29) is 5.04 Å². The molecule has 0 unspecified atom stereocenters. The number of hydrogen-bond acceptors (Lipinski definition) is 1. The Kier molecular flexibility index (Phi) is 7.37. The fourth-order valence-electron chi connectivity index (χ4n) is 0.849. The van der Waals surface area contributed by atoms with Crippen LogP contribution in [0, 0.1) is 0 Å². The molecule has 0 aliphatic carbocycles. The van der Waals surface area contributed by atoms with Crippen molar-refractivity contribution in [3.8, 4) is 0 Å². The van der Waals surface area contributed by atoms with Gasteiger partial charge in [0.1, 0.15) is 0 Å². The highest BCUT2D eigenvalue weighted by atomic mass is 127. The Bertz CT molecular complexity index is 273. The highest BCUT2D eigenvalue weighted by molar-refractivity contribution is 14.2. The molecule has 0 amide bonds. The van der Waals surface area contributed by atoms with Gasteiger partial charge < -0.3 is 4.43 Å². The van der Waals surface area contributed by atoms with E-state index >= 15 is 0 Å². The summed E-state index contributed by atoms with van der Waals surface area (Å²) in [6.07, 6.45) is 2.87. The summed E-state index contributed by atoms with van der Waals surface area (Å²) >= 11 is 4.71. The van der Waals surface area contributed by atoms with E-state index in [4.69, 9.17) is 4.43 Å². The predicted octanol–water partition coefficient (Wildman–Crippen LogP) is 5.67. The van der Waals surface area contributed by atoms with Gasteiger partial charge in [0.15, 0.2) is 8.32 Å². The van der Waals surface area contributed by atoms with Crippen molar-refractivity contribution in [1.29, 1.82) is 0 Å². The average Bonchev–Trinajstić information content (AvgIpc) is 2.09. The van der Waals surface area contributed by atoms with Crippen molar-refractivity contribution >= 4 is 53.5 Å². The molecule has 0 aliphatic rings. The van der Waals surface area contributed by atoms with Gasteiger partial charge in [-0.2, -0.15) is 0 Å². The molecule has 0 aromatic carbocycles. The summed E-state index contributed by atoms with van der Waals surface area (Å²) in [5, 5.41) is 0.281. The SMILES string of the molecule is C=CCC(CO[Si](C)(C)C(C)(C)C)=C(I)I. The lowest BCUT2D eigenvalue weighted by Gasteiger charge is -2.36. The fourth-order valence-corrected chi connectivity index (χ4v) is 2.57. The number of rotatable bonds is 5. The Labute approximate surface area is 129 Å². The minimum atomic E-state index is -1.62. The molecule has 0 rings (SSSR count). The first kappa shape index (κ1) is 17.1. The van der Waals surface area contributed by atoms with Crippen molar-refractivity contribution in [1.82, 2.24) is 0 Å². The Hall–Kier alpha value is 1.12. The monoisotopic (exact) mass is 464 g/mol. The van der Waals surface area contributed by atoms with Gasteiger partial charge in [-0.1, -0.05) is 26.8 Å². The van der Waals surface area contributed by atoms with Gasteiger partial charge in [-0.3, -0.25) is 0 Å². The van der Waals surface area contributed by atoms with E-state index in [1.807, 2.05) is 6.08 Å². The lowest BCUT2D eigenvalue weighted by atomic mass is 10.2. The lowest BCUT2D eigenvalue weighted by molar-refractivity contribution is 0.317. The molecule has 0 aliphatic heterocycles. The highest BCUT2D eigenvalue weighted by Gasteiger charge is 2.37. The van der Waals surface area contributed by atoms with Crippen molar-refractivity contribution in [3.05, 3.63) is 19.8 Å². The van der Waals surface area contributed by atoms with Crippen LogP contribution in [-0.2, 0) is 4.43 Å². The van der Waals surface area contributed by atoms with Crippen LogP contribution in [0.3, 0.4) is 0 Å². The maximum Gasteiger partial charge on any atom is 0.192 e. The minimum absolute atomic E-state index is 0.281. The molecule has 0 aromatic rings. The topological polar surface area (TPSA) is 9.23 Å². The average molecular weight is 464 g/mol. The van der Waals surface area contributed by atoms with Crippen LogP contribution in [0.15, 0.2) is 19.8 Å². The molecule has 0 heterocycles. The van der Waals surface area contributed by atoms with Crippen molar-refractivity contribution in [2.24, 2.45) is 0 Å². The Morgan fingerprint density at radius 2 is 1.81 bits per heavy atom. The quantitative estimate of drug-likeness (QED) is 0.290. The fraction of sp³-hybridized carbons (Fsp3) is 0.667. The zero-order valence-electron chi connectivity index (χ0n) is 10.9. The van der Waals surface area contributed by atoms with Gasteiger partial charge in [0.05, 0.1) is 8.19 Å². The van der Waals surface area contributed by atoms with Crippen molar-refractivity contribution in [3.63, 3.8) is 0 Å². The van der Waals surface area contributed by atoms with E-state index in [2.05, 4.69) is 85.6 Å². The zero-order valence-corrected chi connectivity index (χ0v) is 16.2. The van der Waals surface area contributed by atoms with Gasteiger partial charge >= 0.3 is 0 Å². The van der Waals surface area contributed by atoms with E-state index in [9.17, 15) is 0 Å². The molecule has 1 nitrogen and oxygen atoms in total. The van der Waals surface area contributed by atoms with E-state index in [1.165, 1.54) is 7.16 Å². The summed E-state index contributed by atoms with van der Waals surface area (Å²) in [4.78, 5) is 0. The van der Waals surface area contributed by atoms with E-state index in [0.717, 1.165) is 13.0 Å². The molecule has 0 saturated heterocycles. The van der Waals surface area contributed by atoms with Crippen LogP contribution in [0.4, 0.5) is 0 Å². The van der Waals surface area contributed by atoms with Crippen molar-refractivity contribution in [2.75, 3.05) is 6.61 Å². The second-order valence-electron chi connectivity index (χ2n) is 5.41. The molecule has 0 fully saturated rings. The van der Waals surface area contributed by atoms with E-state index < -0.39 is 8.32 Å². The van der Waals surface area contributed by atoms with Crippen LogP contribution < -0.4 is 0 Å². The van der Waals surface area contributed by atoms with Crippen LogP contribution in [-0.4, -0.2) is 14.9 Å². The Balaban J connectivity index is 4.55. The summed E-state index contributed by atoms with van der Waals surface area (Å²) in [5.41, 5.74) is 1.35. The molecular weight excluding hydrogens is 442 g/mol. The lowest BCUT2D eigenvalue weighted by Crippen LogP contribution is -2.41. The summed E-state index contributed by atoms with van der Waals surface area (Å²) in [7, 11) is -1.62. The third-order valence-corrected chi connectivity index (χ3v) is 9.08. The smallest absolute Gasteiger partial charge is 0.192 e. The molecule has 0 spiro atoms. The maximum absolute atomic E-state index is 6.19. The molecule has 0 atom stereocenters. The third-order valence-electron chi connectivity index (χ3n) is 3.07. The number of hydrogen-bond donors (Lipinski definition) is 0. The van der Waals surface area contributed by atoms with Crippen molar-refractivity contribution in [2.45, 2.75) is 45.3 Å². The van der Waals surface area contributed by atoms with Gasteiger partial charge in [0.2, 0.25) is 0 Å². The maximum atomic E-state index is 6.19. The largest absolute Gasteiger partial charge is 0.413 e. The molecule has 0 saturated carbocycles. The van der Waals surface area contributed by atoms with Gasteiger partial charge in [-0.05, 0) is 75.3 Å². The summed E-state index contributed by atoms with van der Waals surface area (Å²) in [6, 6.07) is 0. The number of halogens is 2. The summed E-state index contributed by atoms with van der Waals surface area (Å²) < 4.78 is 7.49. The van der Waals surface area contributed by atoms with E-state index in [1.54, 1.807) is 0 Å². The Morgan fingerprint density at radius 3 is 2.12 bits per heavy atom. The standard InChI is InChI=1S/C12H22I2OSi/c1-7-8-10(11(13)14)9-15-16(5,6)12(2,3)4/h7H,1,8-9H2,2-6H3. The van der Waals surface area contributed by atoms with Crippen LogP contribution in [0.5, 0.6) is 0 Å². The molecule has 94 valence electrons. The first-order chi connectivity index (χ1) is 7.12. The molecule has 16 heavy (non-hydrogen) atoms. The van der Waals surface area contributed by atoms with Gasteiger partial charge in [-0.15, -0.1) is 6.58 Å². The molecule has 0 radical (unpaired) electrons. The van der Waals surface area contributed by atoms with Crippen LogP contribution >= 0.6 is 45.2 Å².